The average Bonchev–Trinajstić information content (AvgIpc) is 3.43. The maximum Gasteiger partial charge on any atom is 0.306 e. The van der Waals surface area contributed by atoms with Gasteiger partial charge in [-0.1, -0.05) is 249 Å². The number of hydrogen-bond donors (Lipinski definition) is 0. The van der Waals surface area contributed by atoms with Crippen LogP contribution in [0.4, 0.5) is 0 Å². The van der Waals surface area contributed by atoms with Gasteiger partial charge in [0, 0.05) is 19.3 Å². The fraction of sp³-hybridized carbons (Fsp3) is 0.592. The molecule has 0 aromatic rings. The first kappa shape index (κ1) is 72.0. The van der Waals surface area contributed by atoms with Crippen LogP contribution in [0.3, 0.4) is 0 Å². The number of unbranched alkanes of at least 4 members (excludes halogenated alkanes) is 17. The van der Waals surface area contributed by atoms with Gasteiger partial charge in [0.1, 0.15) is 13.2 Å². The Hall–Kier alpha value is -4.97. The fourth-order valence-electron chi connectivity index (χ4n) is 7.98. The Labute approximate surface area is 473 Å². The Bertz CT molecular complexity index is 1740. The highest BCUT2D eigenvalue weighted by Gasteiger charge is 2.19. The third kappa shape index (κ3) is 61.8. The summed E-state index contributed by atoms with van der Waals surface area (Å²) in [5, 5.41) is 0. The summed E-state index contributed by atoms with van der Waals surface area (Å²) in [4.78, 5) is 38.3. The van der Waals surface area contributed by atoms with Gasteiger partial charge >= 0.3 is 17.9 Å². The van der Waals surface area contributed by atoms with Crippen LogP contribution >= 0.6 is 0 Å². The van der Waals surface area contributed by atoms with Crippen LogP contribution in [0.1, 0.15) is 252 Å². The molecular weight excluding hydrogens is 949 g/mol. The minimum Gasteiger partial charge on any atom is -0.462 e. The zero-order valence-corrected chi connectivity index (χ0v) is 49.4. The van der Waals surface area contributed by atoms with Crippen molar-refractivity contribution in [3.05, 3.63) is 158 Å². The summed E-state index contributed by atoms with van der Waals surface area (Å²) in [5.74, 6) is -0.978. The molecular formula is C71H112O6. The third-order valence-corrected chi connectivity index (χ3v) is 12.5. The summed E-state index contributed by atoms with van der Waals surface area (Å²) in [6.07, 6.45) is 92.4. The molecule has 0 aliphatic carbocycles. The summed E-state index contributed by atoms with van der Waals surface area (Å²) in [6, 6.07) is 0. The molecule has 6 heteroatoms. The van der Waals surface area contributed by atoms with Crippen LogP contribution in [0.2, 0.25) is 0 Å². The zero-order valence-electron chi connectivity index (χ0n) is 49.4. The van der Waals surface area contributed by atoms with Gasteiger partial charge in [-0.15, -0.1) is 0 Å². The highest BCUT2D eigenvalue weighted by molar-refractivity contribution is 5.71. The first-order chi connectivity index (χ1) is 38.0. The molecule has 1 atom stereocenters. The van der Waals surface area contributed by atoms with Crippen molar-refractivity contribution in [2.45, 2.75) is 258 Å². The van der Waals surface area contributed by atoms with E-state index < -0.39 is 6.10 Å². The number of carbonyl (C=O) groups is 3. The molecule has 0 N–H and O–H groups in total. The van der Waals surface area contributed by atoms with Crippen LogP contribution in [0.15, 0.2) is 158 Å². The summed E-state index contributed by atoms with van der Waals surface area (Å²) < 4.78 is 16.9. The molecule has 6 nitrogen and oxygen atoms in total. The summed E-state index contributed by atoms with van der Waals surface area (Å²) >= 11 is 0. The lowest BCUT2D eigenvalue weighted by Crippen LogP contribution is -2.30. The van der Waals surface area contributed by atoms with Gasteiger partial charge in [0.05, 0.1) is 0 Å². The van der Waals surface area contributed by atoms with Crippen molar-refractivity contribution in [1.29, 1.82) is 0 Å². The molecule has 0 radical (unpaired) electrons. The number of rotatable bonds is 54. The van der Waals surface area contributed by atoms with Gasteiger partial charge < -0.3 is 14.2 Å². The highest BCUT2D eigenvalue weighted by Crippen LogP contribution is 2.14. The van der Waals surface area contributed by atoms with E-state index in [-0.39, 0.29) is 37.5 Å². The number of esters is 3. The van der Waals surface area contributed by atoms with Crippen molar-refractivity contribution in [2.75, 3.05) is 13.2 Å². The molecule has 0 amide bonds. The van der Waals surface area contributed by atoms with E-state index in [0.717, 1.165) is 154 Å². The molecule has 0 heterocycles. The predicted octanol–water partition coefficient (Wildman–Crippen LogP) is 21.3. The topological polar surface area (TPSA) is 78.9 Å². The predicted molar refractivity (Wildman–Crippen MR) is 334 cm³/mol. The van der Waals surface area contributed by atoms with E-state index >= 15 is 0 Å². The van der Waals surface area contributed by atoms with Crippen molar-refractivity contribution in [3.63, 3.8) is 0 Å². The van der Waals surface area contributed by atoms with Crippen LogP contribution in [0.5, 0.6) is 0 Å². The van der Waals surface area contributed by atoms with E-state index in [4.69, 9.17) is 14.2 Å². The Balaban J connectivity index is 4.48. The summed E-state index contributed by atoms with van der Waals surface area (Å²) in [5.41, 5.74) is 0. The second kappa shape index (κ2) is 63.6. The molecule has 0 aliphatic rings. The fourth-order valence-corrected chi connectivity index (χ4v) is 7.98. The Morgan fingerprint density at radius 2 is 0.468 bits per heavy atom. The Morgan fingerprint density at radius 3 is 0.753 bits per heavy atom. The number of hydrogen-bond acceptors (Lipinski definition) is 6. The third-order valence-electron chi connectivity index (χ3n) is 12.5. The lowest BCUT2D eigenvalue weighted by atomic mass is 10.1. The first-order valence-electron chi connectivity index (χ1n) is 31.0. The van der Waals surface area contributed by atoms with Gasteiger partial charge in [0.25, 0.3) is 0 Å². The number of carbonyl (C=O) groups excluding carboxylic acids is 3. The molecule has 0 aromatic heterocycles. The highest BCUT2D eigenvalue weighted by atomic mass is 16.6. The molecule has 0 aromatic carbocycles. The molecule has 0 aliphatic heterocycles. The first-order valence-corrected chi connectivity index (χ1v) is 31.0. The molecule has 0 rings (SSSR count). The monoisotopic (exact) mass is 1060 g/mol. The van der Waals surface area contributed by atoms with E-state index in [1.165, 1.54) is 51.4 Å². The molecule has 432 valence electrons. The van der Waals surface area contributed by atoms with E-state index in [2.05, 4.69) is 179 Å². The van der Waals surface area contributed by atoms with Crippen LogP contribution in [0.25, 0.3) is 0 Å². The van der Waals surface area contributed by atoms with Gasteiger partial charge in [0.2, 0.25) is 0 Å². The van der Waals surface area contributed by atoms with Crippen LogP contribution in [0, 0.1) is 0 Å². The maximum atomic E-state index is 12.9. The van der Waals surface area contributed by atoms with Crippen molar-refractivity contribution >= 4 is 17.9 Å². The van der Waals surface area contributed by atoms with Crippen LogP contribution < -0.4 is 0 Å². The minimum atomic E-state index is -0.817. The van der Waals surface area contributed by atoms with Crippen LogP contribution in [-0.2, 0) is 28.6 Å². The normalized spacial score (nSPS) is 13.2. The van der Waals surface area contributed by atoms with Gasteiger partial charge in [-0.2, -0.15) is 0 Å². The number of ether oxygens (including phenoxy) is 3. The SMILES string of the molecule is CC/C=C\C/C=C\C/C=C\C/C=C\C/C=C\CCCCCCCC(=O)OC(COC(=O)CCCC/C=C\C/C=C\C/C=C\C/C=C\CC)COC(=O)CCCCCCCCCCCC/C=C\C/C=C\C/C=C\C/C=C\CC. The molecule has 0 saturated heterocycles. The van der Waals surface area contributed by atoms with E-state index in [1.54, 1.807) is 0 Å². The lowest BCUT2D eigenvalue weighted by molar-refractivity contribution is -0.167. The Kier molecular flexibility index (Phi) is 59.5. The van der Waals surface area contributed by atoms with Crippen molar-refractivity contribution in [1.82, 2.24) is 0 Å². The minimum absolute atomic E-state index is 0.108. The van der Waals surface area contributed by atoms with Crippen molar-refractivity contribution < 1.29 is 28.6 Å². The second-order valence-electron chi connectivity index (χ2n) is 19.8. The Morgan fingerprint density at radius 1 is 0.260 bits per heavy atom. The molecule has 0 saturated carbocycles. The molecule has 0 bridgehead atoms. The van der Waals surface area contributed by atoms with Gasteiger partial charge in [-0.05, 0) is 141 Å². The van der Waals surface area contributed by atoms with E-state index in [9.17, 15) is 14.4 Å². The summed E-state index contributed by atoms with van der Waals surface area (Å²) in [7, 11) is 0. The molecule has 1 unspecified atom stereocenters. The number of allylic oxidation sites excluding steroid dienone is 26. The van der Waals surface area contributed by atoms with E-state index in [0.29, 0.717) is 19.3 Å². The molecule has 77 heavy (non-hydrogen) atoms. The smallest absolute Gasteiger partial charge is 0.306 e. The van der Waals surface area contributed by atoms with Crippen molar-refractivity contribution in [3.8, 4) is 0 Å². The second-order valence-corrected chi connectivity index (χ2v) is 19.8. The zero-order chi connectivity index (χ0) is 55.7. The standard InChI is InChI=1S/C71H112O6/c1-4-7-10-13-16-19-22-25-28-30-32-34-35-37-38-40-43-46-49-52-55-58-61-64-70(73)76-67-68(66-75-69(72)63-60-57-54-51-48-45-42-27-24-21-18-15-12-9-6-3)77-71(74)65-62-59-56-53-50-47-44-41-39-36-33-31-29-26-23-20-17-14-11-8-5-2/h7-12,16-21,25-29,32-34,36,41-42,44,48,51,68H,4-6,13-15,22-24,30-31,35,37-40,43,45-47,49-50,52-67H2,1-3H3/b10-7-,11-8-,12-9-,19-16-,20-17-,21-18-,28-25-,29-26-,34-32-,36-33-,42-27-,44-41-,51-48-. The van der Waals surface area contributed by atoms with Gasteiger partial charge in [-0.3, -0.25) is 14.4 Å². The lowest BCUT2D eigenvalue weighted by Gasteiger charge is -2.18. The van der Waals surface area contributed by atoms with Crippen molar-refractivity contribution in [2.24, 2.45) is 0 Å². The quantitative estimate of drug-likeness (QED) is 0.0261. The van der Waals surface area contributed by atoms with Crippen LogP contribution in [-0.4, -0.2) is 37.2 Å². The average molecular weight is 1060 g/mol. The van der Waals surface area contributed by atoms with Gasteiger partial charge in [0.15, 0.2) is 6.10 Å². The van der Waals surface area contributed by atoms with E-state index in [1.807, 2.05) is 0 Å². The maximum absolute atomic E-state index is 12.9. The summed E-state index contributed by atoms with van der Waals surface area (Å²) in [6.45, 7) is 6.24. The van der Waals surface area contributed by atoms with Gasteiger partial charge in [-0.25, -0.2) is 0 Å². The largest absolute Gasteiger partial charge is 0.462 e. The molecule has 0 spiro atoms. The molecule has 0 fully saturated rings.